The highest BCUT2D eigenvalue weighted by molar-refractivity contribution is 5.83. The molecule has 0 aromatic rings. The highest BCUT2D eigenvalue weighted by Crippen LogP contribution is 2.60. The lowest BCUT2D eigenvalue weighted by Crippen LogP contribution is -2.55. The molecule has 4 saturated carbocycles. The molecule has 5 rings (SSSR count). The van der Waals surface area contributed by atoms with E-state index in [0.717, 1.165) is 30.2 Å². The summed E-state index contributed by atoms with van der Waals surface area (Å²) in [5.74, 6) is 3.84. The number of nitrogens with one attached hydrogen (secondary N) is 1. The maximum absolute atomic E-state index is 13.0. The summed E-state index contributed by atoms with van der Waals surface area (Å²) >= 11 is 0. The van der Waals surface area contributed by atoms with Crippen LogP contribution in [0.2, 0.25) is 0 Å². The summed E-state index contributed by atoms with van der Waals surface area (Å²) in [4.78, 5) is 15.6. The molecule has 3 nitrogen and oxygen atoms in total. The van der Waals surface area contributed by atoms with Gasteiger partial charge in [-0.1, -0.05) is 6.92 Å². The van der Waals surface area contributed by atoms with Crippen LogP contribution in [0.15, 0.2) is 0 Å². The van der Waals surface area contributed by atoms with Crippen molar-refractivity contribution in [3.63, 3.8) is 0 Å². The summed E-state index contributed by atoms with van der Waals surface area (Å²) in [5, 5.41) is 3.37. The van der Waals surface area contributed by atoms with Crippen LogP contribution in [0.4, 0.5) is 0 Å². The van der Waals surface area contributed by atoms with Gasteiger partial charge >= 0.3 is 0 Å². The van der Waals surface area contributed by atoms with E-state index in [1.165, 1.54) is 64.5 Å². The Morgan fingerprint density at radius 3 is 2.13 bits per heavy atom. The fraction of sp³-hybridized carbons (Fsp3) is 0.950. The van der Waals surface area contributed by atoms with Gasteiger partial charge in [0, 0.05) is 18.0 Å². The molecule has 0 spiro atoms. The molecule has 0 aromatic heterocycles. The van der Waals surface area contributed by atoms with Crippen LogP contribution in [-0.2, 0) is 4.79 Å². The van der Waals surface area contributed by atoms with E-state index in [1.807, 2.05) is 0 Å². The van der Waals surface area contributed by atoms with Crippen LogP contribution in [0, 0.1) is 29.1 Å². The second-order valence-electron chi connectivity index (χ2n) is 9.48. The quantitative estimate of drug-likeness (QED) is 0.861. The van der Waals surface area contributed by atoms with Crippen LogP contribution in [0.1, 0.15) is 65.2 Å². The molecule has 1 N–H and O–H groups in total. The van der Waals surface area contributed by atoms with E-state index in [0.29, 0.717) is 11.9 Å². The van der Waals surface area contributed by atoms with Crippen molar-refractivity contribution in [2.75, 3.05) is 19.6 Å². The second kappa shape index (κ2) is 6.06. The van der Waals surface area contributed by atoms with Crippen molar-refractivity contribution in [2.45, 2.75) is 71.3 Å². The smallest absolute Gasteiger partial charge is 0.226 e. The minimum Gasteiger partial charge on any atom is -0.354 e. The first-order valence-electron chi connectivity index (χ1n) is 10.1. The number of carbonyl (C=O) groups excluding carboxylic acids is 1. The van der Waals surface area contributed by atoms with E-state index < -0.39 is 0 Å². The van der Waals surface area contributed by atoms with Crippen molar-refractivity contribution in [1.82, 2.24) is 10.2 Å². The Balaban J connectivity index is 1.32. The molecule has 0 aromatic carbocycles. The van der Waals surface area contributed by atoms with Gasteiger partial charge < -0.3 is 5.32 Å². The Bertz CT molecular complexity index is 417. The Morgan fingerprint density at radius 2 is 1.61 bits per heavy atom. The van der Waals surface area contributed by atoms with Gasteiger partial charge in [-0.05, 0) is 95.1 Å². The predicted octanol–water partition coefficient (Wildman–Crippen LogP) is 3.44. The largest absolute Gasteiger partial charge is 0.354 e. The summed E-state index contributed by atoms with van der Waals surface area (Å²) in [6.07, 6.45) is 10.4. The number of carbonyl (C=O) groups is 1. The summed E-state index contributed by atoms with van der Waals surface area (Å²) in [7, 11) is 0. The maximum atomic E-state index is 13.0. The van der Waals surface area contributed by atoms with Gasteiger partial charge in [0.15, 0.2) is 0 Å². The standard InChI is InChI=1S/C20H34N2O/c1-14-3-5-22(6-4-14)15(2)13-21-19(23)20-10-16-7-17(11-20)9-18(8-16)12-20/h14-18H,3-13H2,1-2H3,(H,21,23). The van der Waals surface area contributed by atoms with Gasteiger partial charge in [0.2, 0.25) is 5.91 Å². The van der Waals surface area contributed by atoms with Gasteiger partial charge in [-0.2, -0.15) is 0 Å². The lowest BCUT2D eigenvalue weighted by atomic mass is 9.49. The monoisotopic (exact) mass is 318 g/mol. The lowest BCUT2D eigenvalue weighted by molar-refractivity contribution is -0.146. The Hall–Kier alpha value is -0.570. The zero-order chi connectivity index (χ0) is 16.0. The highest BCUT2D eigenvalue weighted by atomic mass is 16.2. The number of nitrogens with zero attached hydrogens (tertiary/aromatic N) is 1. The molecule has 23 heavy (non-hydrogen) atoms. The molecular weight excluding hydrogens is 284 g/mol. The van der Waals surface area contributed by atoms with Gasteiger partial charge in [0.1, 0.15) is 0 Å². The second-order valence-corrected chi connectivity index (χ2v) is 9.48. The van der Waals surface area contributed by atoms with Crippen molar-refractivity contribution in [3.8, 4) is 0 Å². The fourth-order valence-corrected chi connectivity index (χ4v) is 6.42. The Morgan fingerprint density at radius 1 is 1.09 bits per heavy atom. The SMILES string of the molecule is CC1CCN(C(C)CNC(=O)C23CC4CC(CC(C4)C2)C3)CC1. The molecular formula is C20H34N2O. The zero-order valence-electron chi connectivity index (χ0n) is 15.0. The van der Waals surface area contributed by atoms with Crippen LogP contribution in [-0.4, -0.2) is 36.5 Å². The van der Waals surface area contributed by atoms with Crippen molar-refractivity contribution in [3.05, 3.63) is 0 Å². The first-order chi connectivity index (χ1) is 11.0. The van der Waals surface area contributed by atoms with Gasteiger partial charge in [-0.15, -0.1) is 0 Å². The summed E-state index contributed by atoms with van der Waals surface area (Å²) < 4.78 is 0. The molecule has 1 amide bonds. The molecule has 3 heteroatoms. The molecule has 1 heterocycles. The minimum atomic E-state index is 0.0187. The number of hydrogen-bond donors (Lipinski definition) is 1. The minimum absolute atomic E-state index is 0.0187. The number of amides is 1. The normalized spacial score (nSPS) is 41.9. The van der Waals surface area contributed by atoms with Gasteiger partial charge in [0.05, 0.1) is 0 Å². The summed E-state index contributed by atoms with van der Waals surface area (Å²) in [5.41, 5.74) is 0.0187. The van der Waals surface area contributed by atoms with Crippen LogP contribution in [0.3, 0.4) is 0 Å². The average Bonchev–Trinajstić information content (AvgIpc) is 2.51. The maximum Gasteiger partial charge on any atom is 0.226 e. The van der Waals surface area contributed by atoms with Crippen molar-refractivity contribution < 1.29 is 4.79 Å². The summed E-state index contributed by atoms with van der Waals surface area (Å²) in [6, 6.07) is 0.486. The predicted molar refractivity (Wildman–Crippen MR) is 93.0 cm³/mol. The van der Waals surface area contributed by atoms with Crippen molar-refractivity contribution >= 4 is 5.91 Å². The van der Waals surface area contributed by atoms with E-state index in [2.05, 4.69) is 24.1 Å². The van der Waals surface area contributed by atoms with Gasteiger partial charge in [-0.3, -0.25) is 9.69 Å². The fourth-order valence-electron chi connectivity index (χ4n) is 6.42. The zero-order valence-corrected chi connectivity index (χ0v) is 15.0. The van der Waals surface area contributed by atoms with Crippen LogP contribution in [0.25, 0.3) is 0 Å². The molecule has 1 unspecified atom stereocenters. The first-order valence-corrected chi connectivity index (χ1v) is 10.1. The highest BCUT2D eigenvalue weighted by Gasteiger charge is 2.54. The Kier molecular flexibility index (Phi) is 4.19. The molecule has 1 atom stereocenters. The van der Waals surface area contributed by atoms with E-state index >= 15 is 0 Å². The van der Waals surface area contributed by atoms with Crippen LogP contribution < -0.4 is 5.32 Å². The molecule has 4 bridgehead atoms. The molecule has 5 aliphatic rings. The van der Waals surface area contributed by atoms with Crippen molar-refractivity contribution in [2.24, 2.45) is 29.1 Å². The van der Waals surface area contributed by atoms with Gasteiger partial charge in [-0.25, -0.2) is 0 Å². The van der Waals surface area contributed by atoms with Crippen molar-refractivity contribution in [1.29, 1.82) is 0 Å². The van der Waals surface area contributed by atoms with E-state index in [9.17, 15) is 4.79 Å². The van der Waals surface area contributed by atoms with Crippen LogP contribution >= 0.6 is 0 Å². The molecule has 0 radical (unpaired) electrons. The molecule has 5 fully saturated rings. The van der Waals surface area contributed by atoms with E-state index in [4.69, 9.17) is 0 Å². The van der Waals surface area contributed by atoms with Crippen LogP contribution in [0.5, 0.6) is 0 Å². The molecule has 130 valence electrons. The lowest BCUT2D eigenvalue weighted by Gasteiger charge is -2.55. The molecule has 1 aliphatic heterocycles. The molecule has 4 aliphatic carbocycles. The number of likely N-dealkylation sites (tertiary alicyclic amines) is 1. The van der Waals surface area contributed by atoms with E-state index in [-0.39, 0.29) is 5.41 Å². The number of hydrogen-bond acceptors (Lipinski definition) is 2. The number of rotatable bonds is 4. The first kappa shape index (κ1) is 15.9. The third kappa shape index (κ3) is 3.06. The summed E-state index contributed by atoms with van der Waals surface area (Å²) in [6.45, 7) is 7.90. The number of piperidine rings is 1. The topological polar surface area (TPSA) is 32.3 Å². The third-order valence-electron chi connectivity index (χ3n) is 7.52. The van der Waals surface area contributed by atoms with E-state index in [1.54, 1.807) is 0 Å². The average molecular weight is 319 g/mol. The van der Waals surface area contributed by atoms with Gasteiger partial charge in [0.25, 0.3) is 0 Å². The molecule has 1 saturated heterocycles. The third-order valence-corrected chi connectivity index (χ3v) is 7.52. The Labute approximate surface area is 141 Å².